The third-order valence-electron chi connectivity index (χ3n) is 4.69. The van der Waals surface area contributed by atoms with Crippen molar-refractivity contribution in [2.45, 2.75) is 13.2 Å². The first kappa shape index (κ1) is 23.4. The Morgan fingerprint density at radius 2 is 1.75 bits per heavy atom. The summed E-state index contributed by atoms with van der Waals surface area (Å²) >= 11 is 12.5. The number of benzene rings is 3. The van der Waals surface area contributed by atoms with Gasteiger partial charge < -0.3 is 4.74 Å². The van der Waals surface area contributed by atoms with Gasteiger partial charge in [0, 0.05) is 3.57 Å². The van der Waals surface area contributed by atoms with Crippen LogP contribution in [0.1, 0.15) is 16.7 Å². The lowest BCUT2D eigenvalue weighted by molar-refractivity contribution is -0.122. The van der Waals surface area contributed by atoms with E-state index >= 15 is 0 Å². The van der Waals surface area contributed by atoms with Crippen molar-refractivity contribution in [3.8, 4) is 5.75 Å². The molecule has 0 N–H and O–H groups in total. The molecule has 8 heteroatoms. The molecular weight excluding hydrogens is 624 g/mol. The fourth-order valence-electron chi connectivity index (χ4n) is 3.03. The number of thiocarbonyl (C=S) groups is 1. The molecule has 0 atom stereocenters. The second-order valence-corrected chi connectivity index (χ2v) is 10.8. The number of carbonyl (C=O) groups excluding carboxylic acids is 1. The van der Waals surface area contributed by atoms with Crippen LogP contribution in [0.5, 0.6) is 5.75 Å². The number of nitrogens with zero attached hydrogens (tertiary/aromatic N) is 1. The molecule has 1 heterocycles. The molecule has 0 aliphatic carbocycles. The highest BCUT2D eigenvalue weighted by molar-refractivity contribution is 14.1. The zero-order valence-corrected chi connectivity index (χ0v) is 21.9. The summed E-state index contributed by atoms with van der Waals surface area (Å²) in [5, 5.41) is 0. The average molecular weight is 640 g/mol. The maximum atomic E-state index is 13.1. The highest BCUT2D eigenvalue weighted by Crippen LogP contribution is 2.35. The van der Waals surface area contributed by atoms with Crippen LogP contribution in [-0.2, 0) is 17.9 Å². The van der Waals surface area contributed by atoms with Gasteiger partial charge in [-0.2, -0.15) is 0 Å². The Morgan fingerprint density at radius 3 is 2.44 bits per heavy atom. The van der Waals surface area contributed by atoms with Crippen LogP contribution in [0, 0.1) is 9.39 Å². The molecule has 3 nitrogen and oxygen atoms in total. The summed E-state index contributed by atoms with van der Waals surface area (Å²) in [6.07, 6.45) is 1.82. The summed E-state index contributed by atoms with van der Waals surface area (Å²) in [6, 6.07) is 19.9. The molecule has 4 rings (SSSR count). The van der Waals surface area contributed by atoms with E-state index in [0.29, 0.717) is 22.4 Å². The summed E-state index contributed by atoms with van der Waals surface area (Å²) in [4.78, 5) is 15.0. The molecular formula is C24H16BrFINO2S2. The molecule has 0 bridgehead atoms. The maximum Gasteiger partial charge on any atom is 0.266 e. The van der Waals surface area contributed by atoms with Crippen LogP contribution in [0.4, 0.5) is 4.39 Å². The summed E-state index contributed by atoms with van der Waals surface area (Å²) in [5.74, 6) is 0.264. The molecule has 0 spiro atoms. The third kappa shape index (κ3) is 5.78. The number of amides is 1. The van der Waals surface area contributed by atoms with E-state index in [9.17, 15) is 9.18 Å². The van der Waals surface area contributed by atoms with Crippen LogP contribution in [0.2, 0.25) is 0 Å². The number of rotatable bonds is 6. The van der Waals surface area contributed by atoms with E-state index in [0.717, 1.165) is 26.9 Å². The number of halogens is 3. The quantitative estimate of drug-likeness (QED) is 0.162. The fourth-order valence-corrected chi connectivity index (χ4v) is 5.15. The van der Waals surface area contributed by atoms with E-state index in [-0.39, 0.29) is 11.7 Å². The smallest absolute Gasteiger partial charge is 0.266 e. The minimum atomic E-state index is -0.310. The largest absolute Gasteiger partial charge is 0.488 e. The first-order valence-corrected chi connectivity index (χ1v) is 12.7. The van der Waals surface area contributed by atoms with Crippen molar-refractivity contribution in [1.82, 2.24) is 4.90 Å². The predicted octanol–water partition coefficient (Wildman–Crippen LogP) is 7.17. The average Bonchev–Trinajstić information content (AvgIpc) is 3.03. The van der Waals surface area contributed by atoms with Crippen molar-refractivity contribution >= 4 is 78.8 Å². The molecule has 162 valence electrons. The van der Waals surface area contributed by atoms with Crippen LogP contribution >= 0.6 is 62.5 Å². The van der Waals surface area contributed by atoms with Crippen molar-refractivity contribution in [1.29, 1.82) is 0 Å². The number of thioether (sulfide) groups is 1. The second-order valence-electron chi connectivity index (χ2n) is 7.00. The van der Waals surface area contributed by atoms with Crippen LogP contribution in [0.3, 0.4) is 0 Å². The predicted molar refractivity (Wildman–Crippen MR) is 143 cm³/mol. The number of hydrogen-bond acceptors (Lipinski definition) is 4. The standard InChI is InChI=1S/C24H16BrFINO2S2/c25-20-11-17(5-10-21(20)30-14-16-3-8-19(27)9-4-16)12-22-23(29)28(24(31)32-22)13-15-1-6-18(26)7-2-15/h1-12H,13-14H2/b22-12-. The Kier molecular flexibility index (Phi) is 7.65. The highest BCUT2D eigenvalue weighted by Gasteiger charge is 2.32. The topological polar surface area (TPSA) is 29.5 Å². The molecule has 0 saturated carbocycles. The number of hydrogen-bond donors (Lipinski definition) is 0. The van der Waals surface area contributed by atoms with Gasteiger partial charge in [-0.25, -0.2) is 4.39 Å². The SMILES string of the molecule is O=C1/C(=C/c2ccc(OCc3ccc(I)cc3)c(Br)c2)SC(=S)N1Cc1ccc(F)cc1. The van der Waals surface area contributed by atoms with Gasteiger partial charge in [-0.1, -0.05) is 54.3 Å². The van der Waals surface area contributed by atoms with Gasteiger partial charge in [-0.3, -0.25) is 9.69 Å². The summed E-state index contributed by atoms with van der Waals surface area (Å²) in [6.45, 7) is 0.786. The molecule has 32 heavy (non-hydrogen) atoms. The zero-order valence-electron chi connectivity index (χ0n) is 16.6. The molecule has 1 aliphatic rings. The summed E-state index contributed by atoms with van der Waals surface area (Å²) in [7, 11) is 0. The van der Waals surface area contributed by atoms with Crippen molar-refractivity contribution < 1.29 is 13.9 Å². The van der Waals surface area contributed by atoms with Crippen LogP contribution in [0.25, 0.3) is 6.08 Å². The summed E-state index contributed by atoms with van der Waals surface area (Å²) < 4.78 is 21.5. The zero-order chi connectivity index (χ0) is 22.7. The Hall–Kier alpha value is -1.75. The molecule has 3 aromatic carbocycles. The molecule has 0 radical (unpaired) electrons. The third-order valence-corrected chi connectivity index (χ3v) is 7.41. The van der Waals surface area contributed by atoms with Crippen LogP contribution in [0.15, 0.2) is 76.1 Å². The summed E-state index contributed by atoms with van der Waals surface area (Å²) in [5.41, 5.74) is 2.77. The van der Waals surface area contributed by atoms with Crippen molar-refractivity contribution in [2.24, 2.45) is 0 Å². The fraction of sp³-hybridized carbons (Fsp3) is 0.0833. The van der Waals surface area contributed by atoms with E-state index in [2.05, 4.69) is 38.5 Å². The van der Waals surface area contributed by atoms with Gasteiger partial charge in [0.25, 0.3) is 5.91 Å². The van der Waals surface area contributed by atoms with E-state index in [1.54, 1.807) is 12.1 Å². The van der Waals surface area contributed by atoms with Crippen molar-refractivity contribution in [3.63, 3.8) is 0 Å². The first-order chi connectivity index (χ1) is 15.4. The first-order valence-electron chi connectivity index (χ1n) is 9.55. The van der Waals surface area contributed by atoms with Crippen LogP contribution < -0.4 is 4.74 Å². The Labute approximate surface area is 217 Å². The lowest BCUT2D eigenvalue weighted by atomic mass is 10.2. The minimum Gasteiger partial charge on any atom is -0.488 e. The monoisotopic (exact) mass is 639 g/mol. The van der Waals surface area contributed by atoms with Gasteiger partial charge in [0.1, 0.15) is 22.5 Å². The normalized spacial score (nSPS) is 15.0. The lowest BCUT2D eigenvalue weighted by Crippen LogP contribution is -2.27. The maximum absolute atomic E-state index is 13.1. The Bertz CT molecular complexity index is 1200. The van der Waals surface area contributed by atoms with Gasteiger partial charge in [-0.05, 0) is 97.7 Å². The van der Waals surface area contributed by atoms with E-state index < -0.39 is 0 Å². The van der Waals surface area contributed by atoms with Gasteiger partial charge in [-0.15, -0.1) is 0 Å². The highest BCUT2D eigenvalue weighted by atomic mass is 127. The van der Waals surface area contributed by atoms with Gasteiger partial charge >= 0.3 is 0 Å². The molecule has 0 aromatic heterocycles. The van der Waals surface area contributed by atoms with E-state index in [4.69, 9.17) is 17.0 Å². The van der Waals surface area contributed by atoms with Crippen molar-refractivity contribution in [3.05, 3.63) is 102 Å². The molecule has 1 saturated heterocycles. The molecule has 0 unspecified atom stereocenters. The Morgan fingerprint density at radius 1 is 1.06 bits per heavy atom. The Balaban J connectivity index is 1.44. The van der Waals surface area contributed by atoms with Gasteiger partial charge in [0.2, 0.25) is 0 Å². The minimum absolute atomic E-state index is 0.153. The van der Waals surface area contributed by atoms with E-state index in [1.165, 1.54) is 32.4 Å². The molecule has 1 aliphatic heterocycles. The second kappa shape index (κ2) is 10.5. The molecule has 1 fully saturated rings. The molecule has 3 aromatic rings. The van der Waals surface area contributed by atoms with Gasteiger partial charge in [0.15, 0.2) is 0 Å². The van der Waals surface area contributed by atoms with Crippen LogP contribution in [-0.4, -0.2) is 15.1 Å². The van der Waals surface area contributed by atoms with Gasteiger partial charge in [0.05, 0.1) is 15.9 Å². The van der Waals surface area contributed by atoms with E-state index in [1.807, 2.05) is 48.5 Å². The van der Waals surface area contributed by atoms with Crippen molar-refractivity contribution in [2.75, 3.05) is 0 Å². The number of ether oxygens (including phenoxy) is 1. The number of carbonyl (C=O) groups is 1. The lowest BCUT2D eigenvalue weighted by Gasteiger charge is -2.14. The molecule has 1 amide bonds.